The van der Waals surface area contributed by atoms with Crippen LogP contribution in [0.4, 0.5) is 0 Å². The molecule has 0 bridgehead atoms. The van der Waals surface area contributed by atoms with E-state index in [0.29, 0.717) is 0 Å². The monoisotopic (exact) mass is 196 g/mol. The van der Waals surface area contributed by atoms with Crippen LogP contribution in [0.3, 0.4) is 0 Å². The smallest absolute Gasteiger partial charge is 0.0190 e. The van der Waals surface area contributed by atoms with Crippen LogP contribution in [0.1, 0.15) is 40.0 Å². The quantitative estimate of drug-likeness (QED) is 0.698. The second-order valence-corrected chi connectivity index (χ2v) is 5.21. The van der Waals surface area contributed by atoms with Crippen LogP contribution in [0.5, 0.6) is 0 Å². The zero-order chi connectivity index (χ0) is 10.6. The summed E-state index contributed by atoms with van der Waals surface area (Å²) in [5.41, 5.74) is 7.47. The maximum absolute atomic E-state index is 5.95. The Morgan fingerprint density at radius 3 is 2.79 bits per heavy atom. The van der Waals surface area contributed by atoms with Crippen LogP contribution in [0.15, 0.2) is 11.6 Å². The molecule has 0 saturated carbocycles. The van der Waals surface area contributed by atoms with Gasteiger partial charge in [-0.1, -0.05) is 11.6 Å². The minimum Gasteiger partial charge on any atom is -0.326 e. The molecule has 0 unspecified atom stereocenters. The minimum absolute atomic E-state index is 0.000665. The molecule has 2 nitrogen and oxygen atoms in total. The Bertz CT molecular complexity index is 201. The van der Waals surface area contributed by atoms with Gasteiger partial charge in [-0.05, 0) is 46.6 Å². The fraction of sp³-hybridized carbons (Fsp3) is 0.833. The molecule has 2 heteroatoms. The van der Waals surface area contributed by atoms with E-state index in [1.807, 2.05) is 0 Å². The van der Waals surface area contributed by atoms with Crippen molar-refractivity contribution in [2.75, 3.05) is 19.6 Å². The summed E-state index contributed by atoms with van der Waals surface area (Å²) in [6.45, 7) is 10.0. The first-order chi connectivity index (χ1) is 6.47. The summed E-state index contributed by atoms with van der Waals surface area (Å²) in [5.74, 6) is 0. The summed E-state index contributed by atoms with van der Waals surface area (Å²) >= 11 is 0. The number of rotatable bonds is 4. The van der Waals surface area contributed by atoms with Crippen molar-refractivity contribution in [3.8, 4) is 0 Å². The fourth-order valence-corrected chi connectivity index (χ4v) is 1.94. The Hall–Kier alpha value is -0.340. The average molecular weight is 196 g/mol. The van der Waals surface area contributed by atoms with Crippen LogP contribution in [0.25, 0.3) is 0 Å². The van der Waals surface area contributed by atoms with E-state index in [1.54, 1.807) is 0 Å². The van der Waals surface area contributed by atoms with Crippen LogP contribution >= 0.6 is 0 Å². The number of hydrogen-bond donors (Lipinski definition) is 1. The standard InChI is InChI=1S/C12H24N2/c1-11-6-4-8-14(10-11)9-5-7-12(2,3)13/h6H,4-5,7-10,13H2,1-3H3. The van der Waals surface area contributed by atoms with Crippen molar-refractivity contribution in [1.82, 2.24) is 4.90 Å². The molecule has 0 aromatic rings. The summed E-state index contributed by atoms with van der Waals surface area (Å²) in [7, 11) is 0. The predicted molar refractivity (Wildman–Crippen MR) is 62.3 cm³/mol. The molecule has 0 saturated heterocycles. The van der Waals surface area contributed by atoms with Crippen molar-refractivity contribution in [2.45, 2.75) is 45.6 Å². The molecular weight excluding hydrogens is 172 g/mol. The fourth-order valence-electron chi connectivity index (χ4n) is 1.94. The van der Waals surface area contributed by atoms with Crippen molar-refractivity contribution in [2.24, 2.45) is 5.73 Å². The van der Waals surface area contributed by atoms with Gasteiger partial charge in [0.25, 0.3) is 0 Å². The SMILES string of the molecule is CC1=CCCN(CCCC(C)(C)N)C1. The lowest BCUT2D eigenvalue weighted by Crippen LogP contribution is -2.35. The van der Waals surface area contributed by atoms with Gasteiger partial charge in [0.1, 0.15) is 0 Å². The maximum atomic E-state index is 5.95. The van der Waals surface area contributed by atoms with E-state index in [9.17, 15) is 0 Å². The highest BCUT2D eigenvalue weighted by molar-refractivity contribution is 5.04. The molecule has 0 aliphatic carbocycles. The molecule has 0 spiro atoms. The van der Waals surface area contributed by atoms with Crippen molar-refractivity contribution < 1.29 is 0 Å². The number of nitrogens with two attached hydrogens (primary N) is 1. The Labute approximate surface area is 88.2 Å². The predicted octanol–water partition coefficient (Wildman–Crippen LogP) is 2.16. The summed E-state index contributed by atoms with van der Waals surface area (Å²) in [5, 5.41) is 0. The van der Waals surface area contributed by atoms with E-state index < -0.39 is 0 Å². The molecule has 0 fully saturated rings. The van der Waals surface area contributed by atoms with E-state index in [4.69, 9.17) is 5.73 Å². The normalized spacial score (nSPS) is 19.6. The molecule has 82 valence electrons. The lowest BCUT2D eigenvalue weighted by atomic mass is 9.99. The van der Waals surface area contributed by atoms with Gasteiger partial charge in [0.05, 0.1) is 0 Å². The van der Waals surface area contributed by atoms with Crippen molar-refractivity contribution in [3.05, 3.63) is 11.6 Å². The van der Waals surface area contributed by atoms with Crippen LogP contribution in [0.2, 0.25) is 0 Å². The first-order valence-electron chi connectivity index (χ1n) is 5.64. The molecule has 1 rings (SSSR count). The van der Waals surface area contributed by atoms with Gasteiger partial charge >= 0.3 is 0 Å². The Kier molecular flexibility index (Phi) is 4.14. The van der Waals surface area contributed by atoms with Crippen molar-refractivity contribution in [1.29, 1.82) is 0 Å². The summed E-state index contributed by atoms with van der Waals surface area (Å²) in [6, 6.07) is 0. The van der Waals surface area contributed by atoms with E-state index in [-0.39, 0.29) is 5.54 Å². The molecule has 0 radical (unpaired) electrons. The van der Waals surface area contributed by atoms with Crippen LogP contribution in [-0.4, -0.2) is 30.1 Å². The highest BCUT2D eigenvalue weighted by atomic mass is 15.1. The summed E-state index contributed by atoms with van der Waals surface area (Å²) in [4.78, 5) is 2.53. The molecule has 0 aromatic carbocycles. The number of hydrogen-bond acceptors (Lipinski definition) is 2. The van der Waals surface area contributed by atoms with Gasteiger partial charge in [-0.25, -0.2) is 0 Å². The zero-order valence-corrected chi connectivity index (χ0v) is 9.84. The number of nitrogens with zero attached hydrogens (tertiary/aromatic N) is 1. The van der Waals surface area contributed by atoms with Gasteiger partial charge in [0, 0.05) is 18.6 Å². The van der Waals surface area contributed by atoms with Gasteiger partial charge in [-0.3, -0.25) is 4.90 Å². The molecular formula is C12H24N2. The van der Waals surface area contributed by atoms with E-state index in [1.165, 1.54) is 31.5 Å². The second kappa shape index (κ2) is 4.94. The third kappa shape index (κ3) is 4.77. The minimum atomic E-state index is 0.000665. The van der Waals surface area contributed by atoms with Gasteiger partial charge < -0.3 is 5.73 Å². The van der Waals surface area contributed by atoms with Gasteiger partial charge in [0.2, 0.25) is 0 Å². The Morgan fingerprint density at radius 2 is 2.21 bits per heavy atom. The van der Waals surface area contributed by atoms with Gasteiger partial charge in [-0.2, -0.15) is 0 Å². The van der Waals surface area contributed by atoms with Crippen LogP contribution in [-0.2, 0) is 0 Å². The molecule has 2 N–H and O–H groups in total. The average Bonchev–Trinajstić information content (AvgIpc) is 2.01. The first kappa shape index (κ1) is 11.7. The zero-order valence-electron chi connectivity index (χ0n) is 9.84. The Morgan fingerprint density at radius 1 is 1.50 bits per heavy atom. The molecule has 14 heavy (non-hydrogen) atoms. The van der Waals surface area contributed by atoms with Crippen LogP contribution in [0, 0.1) is 0 Å². The molecule has 1 aliphatic heterocycles. The third-order valence-corrected chi connectivity index (χ3v) is 2.71. The maximum Gasteiger partial charge on any atom is 0.0190 e. The molecule has 0 amide bonds. The lowest BCUT2D eigenvalue weighted by molar-refractivity contribution is 0.273. The van der Waals surface area contributed by atoms with Crippen LogP contribution < -0.4 is 5.73 Å². The third-order valence-electron chi connectivity index (χ3n) is 2.71. The van der Waals surface area contributed by atoms with Crippen molar-refractivity contribution in [3.63, 3.8) is 0 Å². The van der Waals surface area contributed by atoms with Gasteiger partial charge in [0.15, 0.2) is 0 Å². The van der Waals surface area contributed by atoms with Gasteiger partial charge in [-0.15, -0.1) is 0 Å². The molecule has 0 atom stereocenters. The topological polar surface area (TPSA) is 29.3 Å². The van der Waals surface area contributed by atoms with E-state index in [0.717, 1.165) is 13.0 Å². The highest BCUT2D eigenvalue weighted by Crippen LogP contribution is 2.12. The first-order valence-corrected chi connectivity index (χ1v) is 5.64. The lowest BCUT2D eigenvalue weighted by Gasteiger charge is -2.27. The molecule has 1 heterocycles. The summed E-state index contributed by atoms with van der Waals surface area (Å²) < 4.78 is 0. The van der Waals surface area contributed by atoms with E-state index in [2.05, 4.69) is 31.7 Å². The van der Waals surface area contributed by atoms with Crippen molar-refractivity contribution >= 4 is 0 Å². The molecule has 1 aliphatic rings. The highest BCUT2D eigenvalue weighted by Gasteiger charge is 2.13. The van der Waals surface area contributed by atoms with E-state index >= 15 is 0 Å². The summed E-state index contributed by atoms with van der Waals surface area (Å²) in [6.07, 6.45) is 5.91. The second-order valence-electron chi connectivity index (χ2n) is 5.21. The Balaban J connectivity index is 2.17. The largest absolute Gasteiger partial charge is 0.326 e. The molecule has 0 aromatic heterocycles.